The minimum Gasteiger partial charge on any atom is -0.336 e. The summed E-state index contributed by atoms with van der Waals surface area (Å²) in [6.07, 6.45) is 2.31. The van der Waals surface area contributed by atoms with E-state index in [0.29, 0.717) is 6.04 Å². The Balaban J connectivity index is 2.28. The zero-order chi connectivity index (χ0) is 11.7. The van der Waals surface area contributed by atoms with Gasteiger partial charge in [-0.3, -0.25) is 4.79 Å². The van der Waals surface area contributed by atoms with E-state index in [4.69, 9.17) is 0 Å². The van der Waals surface area contributed by atoms with Crippen LogP contribution in [0.2, 0.25) is 0 Å². The van der Waals surface area contributed by atoms with Crippen LogP contribution in [0, 0.1) is 6.92 Å². The predicted molar refractivity (Wildman–Crippen MR) is 68.6 cm³/mol. The van der Waals surface area contributed by atoms with Crippen LogP contribution in [-0.4, -0.2) is 23.4 Å². The fraction of sp³-hybridized carbons (Fsp3) is 0.462. The fourth-order valence-corrected chi connectivity index (χ4v) is 2.36. The summed E-state index contributed by atoms with van der Waals surface area (Å²) >= 11 is 3.50. The first kappa shape index (κ1) is 11.6. The quantitative estimate of drug-likeness (QED) is 0.832. The lowest BCUT2D eigenvalue weighted by Gasteiger charge is -2.21. The number of rotatable bonds is 3. The number of carbonyl (C=O) groups is 1. The maximum absolute atomic E-state index is 12.3. The molecule has 3 heteroatoms. The van der Waals surface area contributed by atoms with Gasteiger partial charge < -0.3 is 4.90 Å². The number of carbonyl (C=O) groups excluding carboxylic acids is 1. The Labute approximate surface area is 105 Å². The van der Waals surface area contributed by atoms with E-state index in [2.05, 4.69) is 15.9 Å². The Morgan fingerprint density at radius 2 is 2.19 bits per heavy atom. The average Bonchev–Trinajstić information content (AvgIpc) is 3.07. The summed E-state index contributed by atoms with van der Waals surface area (Å²) < 4.78 is 0.930. The van der Waals surface area contributed by atoms with Gasteiger partial charge in [0.15, 0.2) is 0 Å². The molecule has 0 heterocycles. The summed E-state index contributed by atoms with van der Waals surface area (Å²) in [5.41, 5.74) is 1.89. The minimum atomic E-state index is 0.153. The molecule has 1 aromatic rings. The molecule has 1 saturated carbocycles. The van der Waals surface area contributed by atoms with Gasteiger partial charge in [-0.05, 0) is 54.2 Å². The Morgan fingerprint density at radius 1 is 1.50 bits per heavy atom. The van der Waals surface area contributed by atoms with E-state index in [0.717, 1.165) is 35.0 Å². The molecule has 1 aliphatic carbocycles. The maximum Gasteiger partial charge on any atom is 0.255 e. The molecular weight excluding hydrogens is 266 g/mol. The Hall–Kier alpha value is -0.830. The molecule has 0 aromatic heterocycles. The third-order valence-corrected chi connectivity index (χ3v) is 4.06. The van der Waals surface area contributed by atoms with Gasteiger partial charge in [-0.1, -0.05) is 12.1 Å². The van der Waals surface area contributed by atoms with Crippen molar-refractivity contribution in [1.29, 1.82) is 0 Å². The SMILES string of the molecule is CCN(C(=O)c1cccc(C)c1Br)C1CC1. The highest BCUT2D eigenvalue weighted by Crippen LogP contribution is 2.30. The van der Waals surface area contributed by atoms with Crippen molar-refractivity contribution in [3.63, 3.8) is 0 Å². The van der Waals surface area contributed by atoms with Crippen molar-refractivity contribution in [3.05, 3.63) is 33.8 Å². The third kappa shape index (κ3) is 2.14. The van der Waals surface area contributed by atoms with Crippen molar-refractivity contribution in [2.24, 2.45) is 0 Å². The van der Waals surface area contributed by atoms with Gasteiger partial charge in [-0.2, -0.15) is 0 Å². The summed E-state index contributed by atoms with van der Waals surface area (Å²) in [5.74, 6) is 0.153. The average molecular weight is 282 g/mol. The number of aryl methyl sites for hydroxylation is 1. The van der Waals surface area contributed by atoms with Crippen LogP contribution in [0.4, 0.5) is 0 Å². The monoisotopic (exact) mass is 281 g/mol. The van der Waals surface area contributed by atoms with Crippen LogP contribution in [0.3, 0.4) is 0 Å². The van der Waals surface area contributed by atoms with Crippen LogP contribution in [0.1, 0.15) is 35.7 Å². The topological polar surface area (TPSA) is 20.3 Å². The zero-order valence-electron chi connectivity index (χ0n) is 9.66. The van der Waals surface area contributed by atoms with Crippen LogP contribution in [0.15, 0.2) is 22.7 Å². The van der Waals surface area contributed by atoms with Crippen LogP contribution in [0.25, 0.3) is 0 Å². The summed E-state index contributed by atoms with van der Waals surface area (Å²) in [4.78, 5) is 14.3. The third-order valence-electron chi connectivity index (χ3n) is 3.01. The largest absolute Gasteiger partial charge is 0.336 e. The molecule has 86 valence electrons. The first-order chi connectivity index (χ1) is 7.65. The summed E-state index contributed by atoms with van der Waals surface area (Å²) in [6.45, 7) is 4.85. The van der Waals surface area contributed by atoms with E-state index in [1.807, 2.05) is 36.9 Å². The molecule has 0 unspecified atom stereocenters. The number of benzene rings is 1. The van der Waals surface area contributed by atoms with Crippen LogP contribution < -0.4 is 0 Å². The molecule has 0 atom stereocenters. The van der Waals surface area contributed by atoms with Crippen LogP contribution in [0.5, 0.6) is 0 Å². The Morgan fingerprint density at radius 3 is 2.75 bits per heavy atom. The van der Waals surface area contributed by atoms with E-state index in [1.165, 1.54) is 0 Å². The van der Waals surface area contributed by atoms with Crippen molar-refractivity contribution in [2.45, 2.75) is 32.7 Å². The first-order valence-corrected chi connectivity index (χ1v) is 6.50. The van der Waals surface area contributed by atoms with Crippen LogP contribution >= 0.6 is 15.9 Å². The number of nitrogens with zero attached hydrogens (tertiary/aromatic N) is 1. The number of hydrogen-bond donors (Lipinski definition) is 0. The molecular formula is C13H16BrNO. The molecule has 0 radical (unpaired) electrons. The summed E-state index contributed by atoms with van der Waals surface area (Å²) in [5, 5.41) is 0. The zero-order valence-corrected chi connectivity index (χ0v) is 11.3. The molecule has 2 nitrogen and oxygen atoms in total. The lowest BCUT2D eigenvalue weighted by molar-refractivity contribution is 0.0751. The Kier molecular flexibility index (Phi) is 3.33. The van der Waals surface area contributed by atoms with Crippen molar-refractivity contribution < 1.29 is 4.79 Å². The number of hydrogen-bond acceptors (Lipinski definition) is 1. The van der Waals surface area contributed by atoms with E-state index < -0.39 is 0 Å². The second-order valence-corrected chi connectivity index (χ2v) is 5.05. The molecule has 2 rings (SSSR count). The lowest BCUT2D eigenvalue weighted by Crippen LogP contribution is -2.33. The van der Waals surface area contributed by atoms with Crippen molar-refractivity contribution in [1.82, 2.24) is 4.90 Å². The lowest BCUT2D eigenvalue weighted by atomic mass is 10.1. The molecule has 0 bridgehead atoms. The second-order valence-electron chi connectivity index (χ2n) is 4.26. The molecule has 1 fully saturated rings. The molecule has 0 aliphatic heterocycles. The molecule has 16 heavy (non-hydrogen) atoms. The van der Waals surface area contributed by atoms with E-state index in [-0.39, 0.29) is 5.91 Å². The van der Waals surface area contributed by atoms with Gasteiger partial charge in [0.2, 0.25) is 0 Å². The molecule has 0 saturated heterocycles. The van der Waals surface area contributed by atoms with Gasteiger partial charge in [0.25, 0.3) is 5.91 Å². The minimum absolute atomic E-state index is 0.153. The highest BCUT2D eigenvalue weighted by atomic mass is 79.9. The first-order valence-electron chi connectivity index (χ1n) is 5.71. The van der Waals surface area contributed by atoms with E-state index >= 15 is 0 Å². The number of amides is 1. The van der Waals surface area contributed by atoms with Crippen molar-refractivity contribution in [2.75, 3.05) is 6.54 Å². The van der Waals surface area contributed by atoms with Crippen molar-refractivity contribution >= 4 is 21.8 Å². The molecule has 1 aliphatic rings. The van der Waals surface area contributed by atoms with Crippen LogP contribution in [-0.2, 0) is 0 Å². The van der Waals surface area contributed by atoms with E-state index in [9.17, 15) is 4.79 Å². The fourth-order valence-electron chi connectivity index (χ4n) is 1.92. The van der Waals surface area contributed by atoms with E-state index in [1.54, 1.807) is 0 Å². The van der Waals surface area contributed by atoms with Gasteiger partial charge in [0, 0.05) is 17.1 Å². The molecule has 0 N–H and O–H groups in total. The highest BCUT2D eigenvalue weighted by Gasteiger charge is 2.32. The molecule has 1 aromatic carbocycles. The highest BCUT2D eigenvalue weighted by molar-refractivity contribution is 9.10. The maximum atomic E-state index is 12.3. The predicted octanol–water partition coefficient (Wildman–Crippen LogP) is 3.38. The van der Waals surface area contributed by atoms with Gasteiger partial charge in [0.1, 0.15) is 0 Å². The second kappa shape index (κ2) is 4.58. The summed E-state index contributed by atoms with van der Waals surface area (Å²) in [7, 11) is 0. The van der Waals surface area contributed by atoms with Gasteiger partial charge in [-0.25, -0.2) is 0 Å². The summed E-state index contributed by atoms with van der Waals surface area (Å²) in [6, 6.07) is 6.32. The normalized spacial score (nSPS) is 14.9. The molecule has 1 amide bonds. The molecule has 0 spiro atoms. The van der Waals surface area contributed by atoms with Gasteiger partial charge >= 0.3 is 0 Å². The van der Waals surface area contributed by atoms with Gasteiger partial charge in [0.05, 0.1) is 5.56 Å². The van der Waals surface area contributed by atoms with Crippen molar-refractivity contribution in [3.8, 4) is 0 Å². The number of halogens is 1. The Bertz CT molecular complexity index is 412. The van der Waals surface area contributed by atoms with Gasteiger partial charge in [-0.15, -0.1) is 0 Å². The standard InChI is InChI=1S/C13H16BrNO/c1-3-15(10-7-8-10)13(16)11-6-4-5-9(2)12(11)14/h4-6,10H,3,7-8H2,1-2H3. The smallest absolute Gasteiger partial charge is 0.255 e.